The van der Waals surface area contributed by atoms with E-state index in [0.717, 1.165) is 36.6 Å². The molecule has 3 aromatic rings. The molecule has 5 rings (SSSR count). The van der Waals surface area contributed by atoms with Crippen LogP contribution >= 0.6 is 0 Å². The predicted molar refractivity (Wildman–Crippen MR) is 119 cm³/mol. The van der Waals surface area contributed by atoms with Gasteiger partial charge in [0.05, 0.1) is 6.54 Å². The zero-order chi connectivity index (χ0) is 21.2. The van der Waals surface area contributed by atoms with Gasteiger partial charge in [0.25, 0.3) is 0 Å². The molecule has 8 heteroatoms. The second-order valence-electron chi connectivity index (χ2n) is 7.96. The van der Waals surface area contributed by atoms with Gasteiger partial charge in [-0.25, -0.2) is 0 Å². The van der Waals surface area contributed by atoms with E-state index >= 15 is 0 Å². The minimum atomic E-state index is 0.217. The Kier molecular flexibility index (Phi) is 5.30. The minimum absolute atomic E-state index is 0.217. The van der Waals surface area contributed by atoms with Crippen LogP contribution in [0.25, 0.3) is 0 Å². The fraction of sp³-hybridized carbons (Fsp3) is 0.348. The maximum absolute atomic E-state index is 5.98. The first-order valence-corrected chi connectivity index (χ1v) is 10.6. The molecule has 8 nitrogen and oxygen atoms in total. The van der Waals surface area contributed by atoms with E-state index in [1.165, 1.54) is 11.1 Å². The Morgan fingerprint density at radius 1 is 1.03 bits per heavy atom. The second-order valence-corrected chi connectivity index (χ2v) is 7.96. The number of hydrogen-bond acceptors (Lipinski definition) is 8. The second kappa shape index (κ2) is 8.39. The normalized spacial score (nSPS) is 18.2. The smallest absolute Gasteiger partial charge is 0.232 e. The molecule has 0 bridgehead atoms. The van der Waals surface area contributed by atoms with Gasteiger partial charge in [-0.1, -0.05) is 23.8 Å². The highest BCUT2D eigenvalue weighted by atomic mass is 16.6. The third kappa shape index (κ3) is 4.39. The fourth-order valence-electron chi connectivity index (χ4n) is 4.17. The molecule has 2 aromatic carbocycles. The fourth-order valence-corrected chi connectivity index (χ4v) is 4.17. The number of fused-ring (bicyclic) bond motifs is 1. The first kappa shape index (κ1) is 19.6. The number of aromatic nitrogens is 3. The maximum Gasteiger partial charge on any atom is 0.232 e. The number of aryl methyl sites for hydroxylation is 1. The first-order chi connectivity index (χ1) is 15.1. The number of nitrogen functional groups attached to an aromatic ring is 1. The molecule has 3 N–H and O–H groups in total. The van der Waals surface area contributed by atoms with Crippen molar-refractivity contribution in [1.29, 1.82) is 0 Å². The Bertz CT molecular complexity index is 1070. The summed E-state index contributed by atoms with van der Waals surface area (Å²) in [5.74, 6) is 2.98. The average molecular weight is 419 g/mol. The van der Waals surface area contributed by atoms with Gasteiger partial charge in [0, 0.05) is 11.7 Å². The lowest BCUT2D eigenvalue weighted by Crippen LogP contribution is -2.25. The molecule has 1 fully saturated rings. The van der Waals surface area contributed by atoms with E-state index < -0.39 is 0 Å². The summed E-state index contributed by atoms with van der Waals surface area (Å²) in [4.78, 5) is 15.6. The van der Waals surface area contributed by atoms with Crippen molar-refractivity contribution in [1.82, 2.24) is 19.9 Å². The summed E-state index contributed by atoms with van der Waals surface area (Å²) < 4.78 is 11.4. The SMILES string of the molecule is Cc1ccc(Nc2nc(N)nc(CN3CCC[C@H]3c3ccc4c(c3)OCCO4)n2)cc1. The van der Waals surface area contributed by atoms with Crippen molar-refractivity contribution in [3.05, 3.63) is 59.4 Å². The molecule has 0 saturated carbocycles. The third-order valence-electron chi connectivity index (χ3n) is 5.67. The Hall–Kier alpha value is -3.39. The van der Waals surface area contributed by atoms with E-state index in [9.17, 15) is 0 Å². The van der Waals surface area contributed by atoms with Crippen LogP contribution in [0.5, 0.6) is 11.5 Å². The number of nitrogens with two attached hydrogens (primary N) is 1. The Balaban J connectivity index is 1.34. The molecule has 2 aliphatic heterocycles. The van der Waals surface area contributed by atoms with Crippen LogP contribution in [-0.4, -0.2) is 39.6 Å². The Morgan fingerprint density at radius 2 is 1.84 bits per heavy atom. The van der Waals surface area contributed by atoms with Gasteiger partial charge in [-0.05, 0) is 56.1 Å². The highest BCUT2D eigenvalue weighted by Gasteiger charge is 2.28. The van der Waals surface area contributed by atoms with E-state index in [-0.39, 0.29) is 12.0 Å². The molecule has 0 spiro atoms. The number of nitrogens with zero attached hydrogens (tertiary/aromatic N) is 4. The topological polar surface area (TPSA) is 98.4 Å². The van der Waals surface area contributed by atoms with Crippen LogP contribution in [0.2, 0.25) is 0 Å². The van der Waals surface area contributed by atoms with Gasteiger partial charge in [0.1, 0.15) is 19.0 Å². The number of nitrogens with one attached hydrogen (secondary N) is 1. The average Bonchev–Trinajstić information content (AvgIpc) is 3.22. The lowest BCUT2D eigenvalue weighted by atomic mass is 10.0. The van der Waals surface area contributed by atoms with Crippen molar-refractivity contribution in [2.45, 2.75) is 32.4 Å². The molecular weight excluding hydrogens is 392 g/mol. The maximum atomic E-state index is 5.98. The molecule has 0 radical (unpaired) electrons. The summed E-state index contributed by atoms with van der Waals surface area (Å²) in [6.45, 7) is 4.82. The van der Waals surface area contributed by atoms with Gasteiger partial charge in [-0.2, -0.15) is 15.0 Å². The molecule has 3 heterocycles. The van der Waals surface area contributed by atoms with Crippen LogP contribution in [0.1, 0.15) is 35.8 Å². The predicted octanol–water partition coefficient (Wildman–Crippen LogP) is 3.61. The van der Waals surface area contributed by atoms with Crippen molar-refractivity contribution >= 4 is 17.6 Å². The van der Waals surface area contributed by atoms with Crippen LogP contribution in [0.4, 0.5) is 17.6 Å². The van der Waals surface area contributed by atoms with Crippen molar-refractivity contribution in [2.24, 2.45) is 0 Å². The number of likely N-dealkylation sites (tertiary alicyclic amines) is 1. The van der Waals surface area contributed by atoms with Gasteiger partial charge in [-0.15, -0.1) is 0 Å². The van der Waals surface area contributed by atoms with E-state index in [2.05, 4.69) is 44.2 Å². The number of anilines is 3. The molecule has 0 amide bonds. The molecule has 1 aromatic heterocycles. The van der Waals surface area contributed by atoms with Gasteiger partial charge < -0.3 is 20.5 Å². The largest absolute Gasteiger partial charge is 0.486 e. The summed E-state index contributed by atoms with van der Waals surface area (Å²) in [7, 11) is 0. The van der Waals surface area contributed by atoms with Crippen molar-refractivity contribution in [3.63, 3.8) is 0 Å². The van der Waals surface area contributed by atoms with Crippen LogP contribution in [-0.2, 0) is 6.54 Å². The van der Waals surface area contributed by atoms with Crippen LogP contribution < -0.4 is 20.5 Å². The minimum Gasteiger partial charge on any atom is -0.486 e. The van der Waals surface area contributed by atoms with Gasteiger partial charge in [-0.3, -0.25) is 4.90 Å². The summed E-state index contributed by atoms with van der Waals surface area (Å²) in [6, 6.07) is 14.6. The lowest BCUT2D eigenvalue weighted by molar-refractivity contribution is 0.170. The van der Waals surface area contributed by atoms with Crippen LogP contribution in [0.3, 0.4) is 0 Å². The number of hydrogen-bond donors (Lipinski definition) is 2. The van der Waals surface area contributed by atoms with Crippen molar-refractivity contribution in [3.8, 4) is 11.5 Å². The van der Waals surface area contributed by atoms with E-state index in [1.807, 2.05) is 30.3 Å². The van der Waals surface area contributed by atoms with Crippen LogP contribution in [0, 0.1) is 6.92 Å². The number of benzene rings is 2. The number of ether oxygens (including phenoxy) is 2. The molecule has 1 saturated heterocycles. The van der Waals surface area contributed by atoms with Crippen molar-refractivity contribution < 1.29 is 9.47 Å². The monoisotopic (exact) mass is 418 g/mol. The molecule has 1 atom stereocenters. The zero-order valence-corrected chi connectivity index (χ0v) is 17.5. The van der Waals surface area contributed by atoms with E-state index in [1.54, 1.807) is 0 Å². The summed E-state index contributed by atoms with van der Waals surface area (Å²) >= 11 is 0. The van der Waals surface area contributed by atoms with E-state index in [4.69, 9.17) is 15.2 Å². The lowest BCUT2D eigenvalue weighted by Gasteiger charge is -2.26. The van der Waals surface area contributed by atoms with Gasteiger partial charge >= 0.3 is 0 Å². The third-order valence-corrected chi connectivity index (χ3v) is 5.67. The molecular formula is C23H26N6O2. The molecule has 2 aliphatic rings. The summed E-state index contributed by atoms with van der Waals surface area (Å²) in [5, 5.41) is 3.22. The van der Waals surface area contributed by atoms with E-state index in [0.29, 0.717) is 31.5 Å². The first-order valence-electron chi connectivity index (χ1n) is 10.6. The van der Waals surface area contributed by atoms with Crippen molar-refractivity contribution in [2.75, 3.05) is 30.8 Å². The number of rotatable bonds is 5. The van der Waals surface area contributed by atoms with Gasteiger partial charge in [0.15, 0.2) is 11.5 Å². The summed E-state index contributed by atoms with van der Waals surface area (Å²) in [5.41, 5.74) is 9.32. The van der Waals surface area contributed by atoms with Crippen LogP contribution in [0.15, 0.2) is 42.5 Å². The Morgan fingerprint density at radius 3 is 2.68 bits per heavy atom. The summed E-state index contributed by atoms with van der Waals surface area (Å²) in [6.07, 6.45) is 2.20. The van der Waals surface area contributed by atoms with Gasteiger partial charge in [0.2, 0.25) is 11.9 Å². The zero-order valence-electron chi connectivity index (χ0n) is 17.5. The quantitative estimate of drug-likeness (QED) is 0.648. The Labute approximate surface area is 181 Å². The standard InChI is InChI=1S/C23H26N6O2/c1-15-4-7-17(8-5-15)25-23-27-21(26-22(24)28-23)14-29-10-2-3-18(29)16-6-9-19-20(13-16)31-12-11-30-19/h4-9,13,18H,2-3,10-12,14H2,1H3,(H3,24,25,26,27,28)/t18-/m0/s1. The molecule has 31 heavy (non-hydrogen) atoms. The highest BCUT2D eigenvalue weighted by Crippen LogP contribution is 2.38. The molecule has 0 aliphatic carbocycles. The molecule has 0 unspecified atom stereocenters. The highest BCUT2D eigenvalue weighted by molar-refractivity contribution is 5.54. The molecule has 160 valence electrons.